The van der Waals surface area contributed by atoms with E-state index in [1.54, 1.807) is 0 Å². The third-order valence-corrected chi connectivity index (χ3v) is 3.80. The fourth-order valence-electron chi connectivity index (χ4n) is 2.28. The molecule has 1 unspecified atom stereocenters. The smallest absolute Gasteiger partial charge is 0.0734 e. The number of hydrogen-bond acceptors (Lipinski definition) is 4. The van der Waals surface area contributed by atoms with E-state index in [-0.39, 0.29) is 12.8 Å². The molecule has 1 atom stereocenters. The van der Waals surface area contributed by atoms with Gasteiger partial charge in [-0.15, -0.1) is 0 Å². The SMILES string of the molecule is C=C(C(=C(C)C=CNC(C)NCCCO)c1ccccn1)C(C)C. The molecule has 0 fully saturated rings. The van der Waals surface area contributed by atoms with Gasteiger partial charge in [-0.3, -0.25) is 10.3 Å². The molecule has 0 spiro atoms. The van der Waals surface area contributed by atoms with Gasteiger partial charge in [-0.05, 0) is 68.3 Å². The van der Waals surface area contributed by atoms with Crippen LogP contribution in [0.15, 0.2) is 54.4 Å². The molecule has 4 heteroatoms. The Hall–Kier alpha value is -1.91. The second-order valence-corrected chi connectivity index (χ2v) is 6.21. The molecule has 4 nitrogen and oxygen atoms in total. The molecule has 1 aromatic rings. The molecule has 3 N–H and O–H groups in total. The Morgan fingerprint density at radius 2 is 2.08 bits per heavy atom. The lowest BCUT2D eigenvalue weighted by Gasteiger charge is -2.17. The molecule has 0 bridgehead atoms. The Labute approximate surface area is 146 Å². The average molecular weight is 329 g/mol. The number of aromatic nitrogens is 1. The summed E-state index contributed by atoms with van der Waals surface area (Å²) in [4.78, 5) is 4.49. The van der Waals surface area contributed by atoms with Crippen molar-refractivity contribution >= 4 is 5.57 Å². The lowest BCUT2D eigenvalue weighted by atomic mass is 9.90. The van der Waals surface area contributed by atoms with Crippen LogP contribution in [0.1, 0.15) is 39.8 Å². The second-order valence-electron chi connectivity index (χ2n) is 6.21. The van der Waals surface area contributed by atoms with Crippen LogP contribution in [0.4, 0.5) is 0 Å². The first kappa shape index (κ1) is 20.1. The van der Waals surface area contributed by atoms with Crippen LogP contribution in [0.3, 0.4) is 0 Å². The van der Waals surface area contributed by atoms with Crippen LogP contribution in [0.5, 0.6) is 0 Å². The molecular weight excluding hydrogens is 298 g/mol. The Bertz CT molecular complexity index is 562. The van der Waals surface area contributed by atoms with Gasteiger partial charge in [0.25, 0.3) is 0 Å². The van der Waals surface area contributed by atoms with E-state index in [9.17, 15) is 0 Å². The molecule has 0 aliphatic carbocycles. The van der Waals surface area contributed by atoms with E-state index in [0.717, 1.165) is 35.4 Å². The van der Waals surface area contributed by atoms with Gasteiger partial charge in [-0.2, -0.15) is 0 Å². The van der Waals surface area contributed by atoms with Crippen LogP contribution in [0, 0.1) is 5.92 Å². The fraction of sp³-hybridized carbons (Fsp3) is 0.450. The third kappa shape index (κ3) is 6.69. The summed E-state index contributed by atoms with van der Waals surface area (Å²) in [7, 11) is 0. The maximum Gasteiger partial charge on any atom is 0.0734 e. The predicted octanol–water partition coefficient (Wildman–Crippen LogP) is 3.49. The van der Waals surface area contributed by atoms with Crippen molar-refractivity contribution in [2.45, 2.75) is 40.3 Å². The minimum atomic E-state index is 0.146. The van der Waals surface area contributed by atoms with Crippen molar-refractivity contribution in [2.24, 2.45) is 5.92 Å². The van der Waals surface area contributed by atoms with Crippen molar-refractivity contribution < 1.29 is 5.11 Å². The van der Waals surface area contributed by atoms with Crippen molar-refractivity contribution in [3.63, 3.8) is 0 Å². The van der Waals surface area contributed by atoms with Crippen molar-refractivity contribution in [3.8, 4) is 0 Å². The number of nitrogens with zero attached hydrogens (tertiary/aromatic N) is 1. The number of hydrogen-bond donors (Lipinski definition) is 3. The summed E-state index contributed by atoms with van der Waals surface area (Å²) in [6.45, 7) is 13.7. The van der Waals surface area contributed by atoms with E-state index in [4.69, 9.17) is 5.11 Å². The lowest BCUT2D eigenvalue weighted by Crippen LogP contribution is -2.37. The zero-order valence-electron chi connectivity index (χ0n) is 15.3. The highest BCUT2D eigenvalue weighted by atomic mass is 16.3. The van der Waals surface area contributed by atoms with Gasteiger partial charge in [0.1, 0.15) is 0 Å². The topological polar surface area (TPSA) is 57.2 Å². The number of nitrogens with one attached hydrogen (secondary N) is 2. The third-order valence-electron chi connectivity index (χ3n) is 3.80. The predicted molar refractivity (Wildman–Crippen MR) is 102 cm³/mol. The highest BCUT2D eigenvalue weighted by Crippen LogP contribution is 2.29. The first-order chi connectivity index (χ1) is 11.5. The van der Waals surface area contributed by atoms with Gasteiger partial charge in [-0.25, -0.2) is 0 Å². The van der Waals surface area contributed by atoms with Crippen LogP contribution < -0.4 is 10.6 Å². The zero-order valence-corrected chi connectivity index (χ0v) is 15.3. The van der Waals surface area contributed by atoms with Crippen molar-refractivity contribution in [3.05, 3.63) is 60.1 Å². The average Bonchev–Trinajstić information content (AvgIpc) is 2.56. The largest absolute Gasteiger partial charge is 0.396 e. The Morgan fingerprint density at radius 3 is 2.67 bits per heavy atom. The van der Waals surface area contributed by atoms with E-state index in [1.807, 2.05) is 37.5 Å². The Balaban J connectivity index is 2.86. The number of rotatable bonds is 10. The normalized spacial score (nSPS) is 13.9. The molecule has 24 heavy (non-hydrogen) atoms. The number of allylic oxidation sites excluding steroid dienone is 4. The molecule has 1 rings (SSSR count). The molecule has 1 heterocycles. The van der Waals surface area contributed by atoms with E-state index >= 15 is 0 Å². The van der Waals surface area contributed by atoms with E-state index in [0.29, 0.717) is 5.92 Å². The molecule has 1 aromatic heterocycles. The first-order valence-electron chi connectivity index (χ1n) is 8.55. The molecule has 0 aromatic carbocycles. The van der Waals surface area contributed by atoms with Gasteiger partial charge in [0.05, 0.1) is 11.9 Å². The molecule has 0 aliphatic heterocycles. The summed E-state index contributed by atoms with van der Waals surface area (Å²) in [5.41, 5.74) is 4.27. The maximum absolute atomic E-state index is 8.80. The summed E-state index contributed by atoms with van der Waals surface area (Å²) >= 11 is 0. The standard InChI is InChI=1S/C20H31N3O/c1-15(2)17(4)20(19-9-6-7-11-23-19)16(3)10-13-22-18(5)21-12-8-14-24/h6-7,9-11,13,15,18,21-22,24H,4,8,12,14H2,1-3,5H3. The van der Waals surface area contributed by atoms with Gasteiger partial charge < -0.3 is 10.4 Å². The molecule has 132 valence electrons. The highest BCUT2D eigenvalue weighted by Gasteiger charge is 2.12. The minimum absolute atomic E-state index is 0.146. The summed E-state index contributed by atoms with van der Waals surface area (Å²) in [6.07, 6.45) is 6.72. The van der Waals surface area contributed by atoms with Crippen LogP contribution in [0.2, 0.25) is 0 Å². The quantitative estimate of drug-likeness (QED) is 0.349. The van der Waals surface area contributed by atoms with Crippen LogP contribution in [0.25, 0.3) is 5.57 Å². The van der Waals surface area contributed by atoms with Gasteiger partial charge in [0.15, 0.2) is 0 Å². The fourth-order valence-corrected chi connectivity index (χ4v) is 2.28. The van der Waals surface area contributed by atoms with Crippen LogP contribution in [-0.2, 0) is 0 Å². The van der Waals surface area contributed by atoms with Crippen LogP contribution in [-0.4, -0.2) is 29.4 Å². The van der Waals surface area contributed by atoms with Crippen molar-refractivity contribution in [1.29, 1.82) is 0 Å². The minimum Gasteiger partial charge on any atom is -0.396 e. The molecule has 0 aliphatic rings. The molecule has 0 saturated carbocycles. The molecular formula is C20H31N3O. The Morgan fingerprint density at radius 1 is 1.33 bits per heavy atom. The summed E-state index contributed by atoms with van der Waals surface area (Å²) in [6, 6.07) is 5.94. The first-order valence-corrected chi connectivity index (χ1v) is 8.55. The maximum atomic E-state index is 8.80. The zero-order chi connectivity index (χ0) is 17.9. The second kappa shape index (κ2) is 10.8. The molecule has 0 amide bonds. The van der Waals surface area contributed by atoms with Crippen molar-refractivity contribution in [2.75, 3.05) is 13.2 Å². The summed E-state index contributed by atoms with van der Waals surface area (Å²) in [5, 5.41) is 15.4. The van der Waals surface area contributed by atoms with Gasteiger partial charge in [0.2, 0.25) is 0 Å². The molecule has 0 saturated heterocycles. The van der Waals surface area contributed by atoms with E-state index in [2.05, 4.69) is 49.0 Å². The van der Waals surface area contributed by atoms with E-state index < -0.39 is 0 Å². The monoisotopic (exact) mass is 329 g/mol. The lowest BCUT2D eigenvalue weighted by molar-refractivity contribution is 0.282. The number of pyridine rings is 1. The molecule has 0 radical (unpaired) electrons. The van der Waals surface area contributed by atoms with Gasteiger partial charge in [0, 0.05) is 18.4 Å². The number of aliphatic hydroxyl groups excluding tert-OH is 1. The van der Waals surface area contributed by atoms with Crippen LogP contribution >= 0.6 is 0 Å². The highest BCUT2D eigenvalue weighted by molar-refractivity contribution is 5.80. The summed E-state index contributed by atoms with van der Waals surface area (Å²) in [5.74, 6) is 0.359. The van der Waals surface area contributed by atoms with Gasteiger partial charge in [-0.1, -0.05) is 26.5 Å². The van der Waals surface area contributed by atoms with E-state index in [1.165, 1.54) is 0 Å². The summed E-state index contributed by atoms with van der Waals surface area (Å²) < 4.78 is 0. The van der Waals surface area contributed by atoms with Crippen molar-refractivity contribution in [1.82, 2.24) is 15.6 Å². The Kier molecular flexibility index (Phi) is 9.05. The number of aliphatic hydroxyl groups is 1. The van der Waals surface area contributed by atoms with Gasteiger partial charge >= 0.3 is 0 Å².